The summed E-state index contributed by atoms with van der Waals surface area (Å²) in [5.74, 6) is 1.27. The number of para-hydroxylation sites is 2. The van der Waals surface area contributed by atoms with E-state index in [0.29, 0.717) is 23.9 Å². The number of hydrogen-bond donors (Lipinski definition) is 2. The maximum Gasteiger partial charge on any atom is 0.319 e. The first-order valence-corrected chi connectivity index (χ1v) is 6.79. The third-order valence-corrected chi connectivity index (χ3v) is 2.51. The molecule has 0 aliphatic heterocycles. The molecular weight excluding hydrogens is 240 g/mol. The van der Waals surface area contributed by atoms with Crippen LogP contribution in [0.3, 0.4) is 0 Å². The van der Waals surface area contributed by atoms with E-state index in [0.717, 1.165) is 6.42 Å². The van der Waals surface area contributed by atoms with Gasteiger partial charge in [-0.25, -0.2) is 4.79 Å². The molecule has 0 bridgehead atoms. The van der Waals surface area contributed by atoms with Crippen molar-refractivity contribution in [2.75, 3.05) is 11.9 Å². The maximum atomic E-state index is 11.8. The van der Waals surface area contributed by atoms with Crippen molar-refractivity contribution in [1.29, 1.82) is 0 Å². The van der Waals surface area contributed by atoms with Gasteiger partial charge in [0.15, 0.2) is 0 Å². The monoisotopic (exact) mass is 264 g/mol. The summed E-state index contributed by atoms with van der Waals surface area (Å²) in [6.07, 6.45) is 1.05. The van der Waals surface area contributed by atoms with Crippen LogP contribution in [-0.2, 0) is 0 Å². The van der Waals surface area contributed by atoms with E-state index in [2.05, 4.69) is 24.5 Å². The quantitative estimate of drug-likeness (QED) is 0.824. The Morgan fingerprint density at radius 2 is 1.89 bits per heavy atom. The zero-order chi connectivity index (χ0) is 14.3. The van der Waals surface area contributed by atoms with E-state index >= 15 is 0 Å². The molecule has 0 aliphatic rings. The molecule has 0 radical (unpaired) electrons. The molecule has 1 rings (SSSR count). The lowest BCUT2D eigenvalue weighted by Crippen LogP contribution is -2.30. The first-order valence-electron chi connectivity index (χ1n) is 6.79. The molecule has 4 heteroatoms. The van der Waals surface area contributed by atoms with Crippen LogP contribution in [0, 0.1) is 5.92 Å². The van der Waals surface area contributed by atoms with Gasteiger partial charge in [-0.1, -0.05) is 26.0 Å². The lowest BCUT2D eigenvalue weighted by molar-refractivity contribution is 0.241. The standard InChI is InChI=1S/C15H24N2O2/c1-11(2)9-10-16-15(18)17-13-7-5-6-8-14(13)19-12(3)4/h5-8,11-12H,9-10H2,1-4H3,(H2,16,17,18). The predicted molar refractivity (Wildman–Crippen MR) is 78.7 cm³/mol. The predicted octanol–water partition coefficient (Wildman–Crippen LogP) is 3.64. The zero-order valence-electron chi connectivity index (χ0n) is 12.2. The van der Waals surface area contributed by atoms with Crippen LogP contribution in [0.5, 0.6) is 5.75 Å². The number of carbonyl (C=O) groups is 1. The van der Waals surface area contributed by atoms with Crippen LogP contribution in [0.15, 0.2) is 24.3 Å². The van der Waals surface area contributed by atoms with Crippen LogP contribution < -0.4 is 15.4 Å². The van der Waals surface area contributed by atoms with E-state index in [4.69, 9.17) is 4.74 Å². The first-order chi connectivity index (χ1) is 8.99. The fourth-order valence-electron chi connectivity index (χ4n) is 1.57. The highest BCUT2D eigenvalue weighted by Crippen LogP contribution is 2.24. The van der Waals surface area contributed by atoms with Gasteiger partial charge in [0.1, 0.15) is 5.75 Å². The third kappa shape index (κ3) is 6.13. The molecule has 0 saturated carbocycles. The number of amides is 2. The molecule has 4 nitrogen and oxygen atoms in total. The minimum absolute atomic E-state index is 0.0759. The lowest BCUT2D eigenvalue weighted by Gasteiger charge is -2.15. The van der Waals surface area contributed by atoms with Gasteiger partial charge in [-0.05, 0) is 38.3 Å². The average molecular weight is 264 g/mol. The molecule has 1 aromatic carbocycles. The maximum absolute atomic E-state index is 11.8. The summed E-state index contributed by atoms with van der Waals surface area (Å²) in [6, 6.07) is 7.25. The Hall–Kier alpha value is -1.71. The Labute approximate surface area is 115 Å². The molecule has 0 aromatic heterocycles. The smallest absolute Gasteiger partial charge is 0.319 e. The van der Waals surface area contributed by atoms with Crippen molar-refractivity contribution in [2.24, 2.45) is 5.92 Å². The molecule has 2 N–H and O–H groups in total. The van der Waals surface area contributed by atoms with Crippen molar-refractivity contribution in [3.05, 3.63) is 24.3 Å². The number of ether oxygens (including phenoxy) is 1. The van der Waals surface area contributed by atoms with Gasteiger partial charge in [0.2, 0.25) is 0 Å². The highest BCUT2D eigenvalue weighted by Gasteiger charge is 2.08. The van der Waals surface area contributed by atoms with Crippen molar-refractivity contribution in [1.82, 2.24) is 5.32 Å². The van der Waals surface area contributed by atoms with Gasteiger partial charge < -0.3 is 15.4 Å². The minimum atomic E-state index is -0.194. The van der Waals surface area contributed by atoms with Crippen LogP contribution >= 0.6 is 0 Å². The second kappa shape index (κ2) is 7.67. The molecule has 0 fully saturated rings. The summed E-state index contributed by atoms with van der Waals surface area (Å²) in [6.45, 7) is 8.85. The number of hydrogen-bond acceptors (Lipinski definition) is 2. The molecule has 19 heavy (non-hydrogen) atoms. The number of urea groups is 1. The van der Waals surface area contributed by atoms with Crippen molar-refractivity contribution >= 4 is 11.7 Å². The summed E-state index contributed by atoms with van der Waals surface area (Å²) in [4.78, 5) is 11.8. The van der Waals surface area contributed by atoms with Gasteiger partial charge in [0.05, 0.1) is 11.8 Å². The zero-order valence-corrected chi connectivity index (χ0v) is 12.2. The van der Waals surface area contributed by atoms with E-state index in [1.165, 1.54) is 0 Å². The van der Waals surface area contributed by atoms with Gasteiger partial charge in [-0.2, -0.15) is 0 Å². The summed E-state index contributed by atoms with van der Waals surface area (Å²) in [5, 5.41) is 5.65. The molecule has 106 valence electrons. The van der Waals surface area contributed by atoms with E-state index < -0.39 is 0 Å². The van der Waals surface area contributed by atoms with Gasteiger partial charge >= 0.3 is 6.03 Å². The third-order valence-electron chi connectivity index (χ3n) is 2.51. The normalized spacial score (nSPS) is 10.6. The molecule has 0 saturated heterocycles. The van der Waals surface area contributed by atoms with Crippen molar-refractivity contribution < 1.29 is 9.53 Å². The second-order valence-corrected chi connectivity index (χ2v) is 5.23. The Morgan fingerprint density at radius 1 is 1.21 bits per heavy atom. The van der Waals surface area contributed by atoms with Crippen LogP contribution in [0.25, 0.3) is 0 Å². The van der Waals surface area contributed by atoms with E-state index in [1.54, 1.807) is 0 Å². The van der Waals surface area contributed by atoms with Gasteiger partial charge in [0.25, 0.3) is 0 Å². The van der Waals surface area contributed by atoms with Crippen molar-refractivity contribution in [3.8, 4) is 5.75 Å². The highest BCUT2D eigenvalue weighted by molar-refractivity contribution is 5.90. The molecular formula is C15H24N2O2. The number of rotatable bonds is 6. The van der Waals surface area contributed by atoms with Gasteiger partial charge in [-0.15, -0.1) is 0 Å². The van der Waals surface area contributed by atoms with Gasteiger partial charge in [-0.3, -0.25) is 0 Å². The summed E-state index contributed by atoms with van der Waals surface area (Å²) in [5.41, 5.74) is 0.693. The molecule has 0 spiro atoms. The number of nitrogens with one attached hydrogen (secondary N) is 2. The van der Waals surface area contributed by atoms with E-state index in [-0.39, 0.29) is 12.1 Å². The Balaban J connectivity index is 2.53. The van der Waals surface area contributed by atoms with E-state index in [9.17, 15) is 4.79 Å². The van der Waals surface area contributed by atoms with Crippen LogP contribution in [0.1, 0.15) is 34.1 Å². The summed E-state index contributed by atoms with van der Waals surface area (Å²) < 4.78 is 5.65. The molecule has 0 aliphatic carbocycles. The second-order valence-electron chi connectivity index (χ2n) is 5.23. The Morgan fingerprint density at radius 3 is 2.53 bits per heavy atom. The SMILES string of the molecule is CC(C)CCNC(=O)Nc1ccccc1OC(C)C. The molecule has 2 amide bonds. The summed E-state index contributed by atoms with van der Waals surface area (Å²) in [7, 11) is 0. The average Bonchev–Trinajstić information content (AvgIpc) is 2.30. The molecule has 0 heterocycles. The molecule has 1 aromatic rings. The Bertz CT molecular complexity index is 403. The summed E-state index contributed by atoms with van der Waals surface area (Å²) >= 11 is 0. The fourth-order valence-corrected chi connectivity index (χ4v) is 1.57. The molecule has 0 unspecified atom stereocenters. The largest absolute Gasteiger partial charge is 0.489 e. The number of anilines is 1. The van der Waals surface area contributed by atoms with Crippen molar-refractivity contribution in [3.63, 3.8) is 0 Å². The van der Waals surface area contributed by atoms with E-state index in [1.807, 2.05) is 38.1 Å². The minimum Gasteiger partial charge on any atom is -0.489 e. The topological polar surface area (TPSA) is 50.4 Å². The van der Waals surface area contributed by atoms with Crippen LogP contribution in [0.4, 0.5) is 10.5 Å². The first kappa shape index (κ1) is 15.3. The Kier molecular flexibility index (Phi) is 6.19. The van der Waals surface area contributed by atoms with Crippen molar-refractivity contribution in [2.45, 2.75) is 40.2 Å². The van der Waals surface area contributed by atoms with Crippen LogP contribution in [-0.4, -0.2) is 18.7 Å². The molecule has 0 atom stereocenters. The fraction of sp³-hybridized carbons (Fsp3) is 0.533. The number of benzene rings is 1. The highest BCUT2D eigenvalue weighted by atomic mass is 16.5. The number of carbonyl (C=O) groups excluding carboxylic acids is 1. The lowest BCUT2D eigenvalue weighted by atomic mass is 10.1. The van der Waals surface area contributed by atoms with Gasteiger partial charge in [0, 0.05) is 6.54 Å². The van der Waals surface area contributed by atoms with Crippen LogP contribution in [0.2, 0.25) is 0 Å².